The van der Waals surface area contributed by atoms with Gasteiger partial charge in [0.2, 0.25) is 5.91 Å². The molecule has 2 aliphatic rings. The van der Waals surface area contributed by atoms with E-state index in [1.165, 1.54) is 32.4 Å². The molecule has 1 unspecified atom stereocenters. The van der Waals surface area contributed by atoms with E-state index in [9.17, 15) is 4.79 Å². The van der Waals surface area contributed by atoms with Crippen molar-refractivity contribution in [2.45, 2.75) is 39.2 Å². The summed E-state index contributed by atoms with van der Waals surface area (Å²) in [5, 5.41) is 0. The first-order valence-corrected chi connectivity index (χ1v) is 6.16. The Morgan fingerprint density at radius 3 is 2.33 bits per heavy atom. The third-order valence-electron chi connectivity index (χ3n) is 3.94. The maximum absolute atomic E-state index is 11.2. The van der Waals surface area contributed by atoms with E-state index < -0.39 is 0 Å². The van der Waals surface area contributed by atoms with Crippen molar-refractivity contribution in [2.75, 3.05) is 26.2 Å². The van der Waals surface area contributed by atoms with Crippen LogP contribution in [-0.2, 0) is 4.79 Å². The zero-order chi connectivity index (χ0) is 10.8. The van der Waals surface area contributed by atoms with Crippen LogP contribution in [0.15, 0.2) is 0 Å². The molecule has 2 fully saturated rings. The van der Waals surface area contributed by atoms with E-state index in [0.29, 0.717) is 6.04 Å². The van der Waals surface area contributed by atoms with Gasteiger partial charge in [-0.1, -0.05) is 6.92 Å². The van der Waals surface area contributed by atoms with Crippen LogP contribution in [0.2, 0.25) is 0 Å². The van der Waals surface area contributed by atoms with E-state index in [-0.39, 0.29) is 5.91 Å². The van der Waals surface area contributed by atoms with Crippen molar-refractivity contribution in [1.82, 2.24) is 9.80 Å². The predicted molar refractivity (Wildman–Crippen MR) is 60.6 cm³/mol. The Bertz CT molecular complexity index is 234. The van der Waals surface area contributed by atoms with Gasteiger partial charge >= 0.3 is 0 Å². The minimum atomic E-state index is 0.239. The number of carbonyl (C=O) groups is 1. The molecule has 0 N–H and O–H groups in total. The molecular formula is C12H22N2O. The normalized spacial score (nSPS) is 29.7. The number of hydrogen-bond donors (Lipinski definition) is 0. The molecule has 0 bridgehead atoms. The quantitative estimate of drug-likeness (QED) is 0.652. The lowest BCUT2D eigenvalue weighted by Gasteiger charge is -2.34. The molecule has 0 spiro atoms. The molecule has 0 aromatic rings. The lowest BCUT2D eigenvalue weighted by molar-refractivity contribution is -0.128. The summed E-state index contributed by atoms with van der Waals surface area (Å²) < 4.78 is 0. The minimum absolute atomic E-state index is 0.239. The fourth-order valence-electron chi connectivity index (χ4n) is 2.72. The highest BCUT2D eigenvalue weighted by atomic mass is 16.2. The predicted octanol–water partition coefficient (Wildman–Crippen LogP) is 1.34. The topological polar surface area (TPSA) is 23.6 Å². The van der Waals surface area contributed by atoms with Crippen molar-refractivity contribution in [2.24, 2.45) is 5.92 Å². The monoisotopic (exact) mass is 210 g/mol. The van der Waals surface area contributed by atoms with Gasteiger partial charge < -0.3 is 4.90 Å². The first-order chi connectivity index (χ1) is 7.16. The molecule has 2 heterocycles. The fraction of sp³-hybridized carbons (Fsp3) is 0.917. The summed E-state index contributed by atoms with van der Waals surface area (Å²) in [5.74, 6) is 1.13. The van der Waals surface area contributed by atoms with Crippen molar-refractivity contribution in [3.63, 3.8) is 0 Å². The summed E-state index contributed by atoms with van der Waals surface area (Å²) in [5.41, 5.74) is 0. The molecule has 2 rings (SSSR count). The Kier molecular flexibility index (Phi) is 3.29. The van der Waals surface area contributed by atoms with Gasteiger partial charge in [0, 0.05) is 26.1 Å². The molecule has 0 radical (unpaired) electrons. The largest absolute Gasteiger partial charge is 0.341 e. The number of carbonyl (C=O) groups excluding carboxylic acids is 1. The van der Waals surface area contributed by atoms with Crippen molar-refractivity contribution in [3.8, 4) is 0 Å². The molecule has 86 valence electrons. The Labute approximate surface area is 92.4 Å². The number of rotatable bonds is 1. The van der Waals surface area contributed by atoms with Crippen LogP contribution < -0.4 is 0 Å². The van der Waals surface area contributed by atoms with Crippen LogP contribution in [0.25, 0.3) is 0 Å². The van der Waals surface area contributed by atoms with E-state index >= 15 is 0 Å². The summed E-state index contributed by atoms with van der Waals surface area (Å²) in [6.45, 7) is 8.42. The van der Waals surface area contributed by atoms with Crippen LogP contribution in [0.5, 0.6) is 0 Å². The van der Waals surface area contributed by atoms with Crippen LogP contribution in [0.4, 0.5) is 0 Å². The highest BCUT2D eigenvalue weighted by Gasteiger charge is 2.30. The van der Waals surface area contributed by atoms with Gasteiger partial charge in [-0.2, -0.15) is 0 Å². The summed E-state index contributed by atoms with van der Waals surface area (Å²) in [6, 6.07) is 0.640. The average Bonchev–Trinajstić information content (AvgIpc) is 2.68. The SMILES string of the molecule is CC(=O)N1CCC(N2CCC(C)CC2)C1. The van der Waals surface area contributed by atoms with E-state index in [2.05, 4.69) is 11.8 Å². The van der Waals surface area contributed by atoms with Gasteiger partial charge in [-0.15, -0.1) is 0 Å². The zero-order valence-electron chi connectivity index (χ0n) is 9.91. The average molecular weight is 210 g/mol. The Balaban J connectivity index is 1.83. The van der Waals surface area contributed by atoms with Crippen molar-refractivity contribution < 1.29 is 4.79 Å². The third kappa shape index (κ3) is 2.51. The smallest absolute Gasteiger partial charge is 0.219 e. The molecule has 1 amide bonds. The van der Waals surface area contributed by atoms with Gasteiger partial charge in [0.1, 0.15) is 0 Å². The fourth-order valence-corrected chi connectivity index (χ4v) is 2.72. The third-order valence-corrected chi connectivity index (χ3v) is 3.94. The van der Waals surface area contributed by atoms with Crippen LogP contribution in [0.1, 0.15) is 33.1 Å². The Hall–Kier alpha value is -0.570. The molecule has 0 aromatic heterocycles. The van der Waals surface area contributed by atoms with Crippen molar-refractivity contribution >= 4 is 5.91 Å². The number of likely N-dealkylation sites (tertiary alicyclic amines) is 2. The number of amides is 1. The zero-order valence-corrected chi connectivity index (χ0v) is 9.91. The molecule has 3 nitrogen and oxygen atoms in total. The maximum atomic E-state index is 11.2. The number of hydrogen-bond acceptors (Lipinski definition) is 2. The Morgan fingerprint density at radius 1 is 1.13 bits per heavy atom. The highest BCUT2D eigenvalue weighted by Crippen LogP contribution is 2.22. The second-order valence-corrected chi connectivity index (χ2v) is 5.13. The molecule has 0 aromatic carbocycles. The summed E-state index contributed by atoms with van der Waals surface area (Å²) >= 11 is 0. The van der Waals surface area contributed by atoms with E-state index in [1.54, 1.807) is 6.92 Å². The van der Waals surface area contributed by atoms with Gasteiger partial charge in [-0.3, -0.25) is 9.69 Å². The van der Waals surface area contributed by atoms with E-state index in [0.717, 1.165) is 19.0 Å². The molecule has 0 saturated carbocycles. The number of nitrogens with zero attached hydrogens (tertiary/aromatic N) is 2. The summed E-state index contributed by atoms with van der Waals surface area (Å²) in [6.07, 6.45) is 3.83. The van der Waals surface area contributed by atoms with Crippen molar-refractivity contribution in [3.05, 3.63) is 0 Å². The summed E-state index contributed by atoms with van der Waals surface area (Å²) in [7, 11) is 0. The lowest BCUT2D eigenvalue weighted by atomic mass is 9.98. The van der Waals surface area contributed by atoms with E-state index in [4.69, 9.17) is 0 Å². The van der Waals surface area contributed by atoms with E-state index in [1.807, 2.05) is 4.90 Å². The minimum Gasteiger partial charge on any atom is -0.341 e. The van der Waals surface area contributed by atoms with Crippen LogP contribution >= 0.6 is 0 Å². The van der Waals surface area contributed by atoms with Gasteiger partial charge in [0.15, 0.2) is 0 Å². The van der Waals surface area contributed by atoms with Crippen LogP contribution in [0.3, 0.4) is 0 Å². The standard InChI is InChI=1S/C12H22N2O/c1-10-3-6-13(7-4-10)12-5-8-14(9-12)11(2)15/h10,12H,3-9H2,1-2H3. The van der Waals surface area contributed by atoms with Gasteiger partial charge in [-0.05, 0) is 38.3 Å². The molecule has 3 heteroatoms. The summed E-state index contributed by atoms with van der Waals surface area (Å²) in [4.78, 5) is 15.8. The molecule has 1 atom stereocenters. The first kappa shape index (κ1) is 10.9. The first-order valence-electron chi connectivity index (χ1n) is 6.16. The lowest BCUT2D eigenvalue weighted by Crippen LogP contribution is -2.42. The molecule has 2 saturated heterocycles. The Morgan fingerprint density at radius 2 is 1.80 bits per heavy atom. The molecule has 2 aliphatic heterocycles. The van der Waals surface area contributed by atoms with Crippen molar-refractivity contribution in [1.29, 1.82) is 0 Å². The van der Waals surface area contributed by atoms with Gasteiger partial charge in [0.25, 0.3) is 0 Å². The molecule has 15 heavy (non-hydrogen) atoms. The van der Waals surface area contributed by atoms with Gasteiger partial charge in [-0.25, -0.2) is 0 Å². The van der Waals surface area contributed by atoms with Crippen LogP contribution in [-0.4, -0.2) is 47.9 Å². The second kappa shape index (κ2) is 4.52. The van der Waals surface area contributed by atoms with Crippen LogP contribution in [0, 0.1) is 5.92 Å². The molecular weight excluding hydrogens is 188 g/mol. The number of piperidine rings is 1. The maximum Gasteiger partial charge on any atom is 0.219 e. The second-order valence-electron chi connectivity index (χ2n) is 5.13. The molecule has 0 aliphatic carbocycles. The highest BCUT2D eigenvalue weighted by molar-refractivity contribution is 5.73. The van der Waals surface area contributed by atoms with Gasteiger partial charge in [0.05, 0.1) is 0 Å².